The lowest BCUT2D eigenvalue weighted by Crippen LogP contribution is -2.20. The van der Waals surface area contributed by atoms with Crippen molar-refractivity contribution < 1.29 is 22.7 Å². The maximum atomic E-state index is 13.0. The van der Waals surface area contributed by atoms with Crippen LogP contribution in [0.25, 0.3) is 0 Å². The standard InChI is InChI=1S/C12H14F4O/c1-11(2,7-17)6-8-3-4-10(13)9(5-8)12(14,15)16/h3-5,17H,6-7H2,1-2H3. The smallest absolute Gasteiger partial charge is 0.396 e. The molecule has 0 saturated carbocycles. The zero-order chi connectivity index (χ0) is 13.3. The van der Waals surface area contributed by atoms with E-state index in [0.717, 1.165) is 12.1 Å². The molecule has 1 aromatic rings. The van der Waals surface area contributed by atoms with Crippen LogP contribution in [0.1, 0.15) is 25.0 Å². The molecule has 0 saturated heterocycles. The molecule has 1 N–H and O–H groups in total. The Kier molecular flexibility index (Phi) is 3.81. The van der Waals surface area contributed by atoms with Gasteiger partial charge in [0.25, 0.3) is 0 Å². The molecule has 0 bridgehead atoms. The first-order valence-electron chi connectivity index (χ1n) is 5.12. The third kappa shape index (κ3) is 3.70. The van der Waals surface area contributed by atoms with Gasteiger partial charge in [-0.3, -0.25) is 0 Å². The highest BCUT2D eigenvalue weighted by Crippen LogP contribution is 2.33. The summed E-state index contributed by atoms with van der Waals surface area (Å²) in [6, 6.07) is 2.92. The van der Waals surface area contributed by atoms with Crippen LogP contribution in [0.4, 0.5) is 17.6 Å². The summed E-state index contributed by atoms with van der Waals surface area (Å²) in [5.74, 6) is -1.27. The Bertz CT molecular complexity index is 396. The largest absolute Gasteiger partial charge is 0.419 e. The maximum absolute atomic E-state index is 13.0. The topological polar surface area (TPSA) is 20.2 Å². The molecule has 17 heavy (non-hydrogen) atoms. The van der Waals surface area contributed by atoms with Crippen molar-refractivity contribution in [3.63, 3.8) is 0 Å². The number of hydrogen-bond donors (Lipinski definition) is 1. The summed E-state index contributed by atoms with van der Waals surface area (Å²) in [7, 11) is 0. The predicted octanol–water partition coefficient (Wildman–Crippen LogP) is 3.41. The third-order valence-corrected chi connectivity index (χ3v) is 2.45. The summed E-state index contributed by atoms with van der Waals surface area (Å²) >= 11 is 0. The van der Waals surface area contributed by atoms with Crippen LogP contribution in [-0.4, -0.2) is 11.7 Å². The Morgan fingerprint density at radius 3 is 2.24 bits per heavy atom. The summed E-state index contributed by atoms with van der Waals surface area (Å²) in [6.45, 7) is 3.30. The molecule has 1 nitrogen and oxygen atoms in total. The second-order valence-corrected chi connectivity index (χ2v) is 4.81. The van der Waals surface area contributed by atoms with E-state index in [1.807, 2.05) is 0 Å². The molecule has 0 aliphatic heterocycles. The Labute approximate surface area is 97.1 Å². The first kappa shape index (κ1) is 14.0. The second-order valence-electron chi connectivity index (χ2n) is 4.81. The van der Waals surface area contributed by atoms with Crippen molar-refractivity contribution in [3.8, 4) is 0 Å². The van der Waals surface area contributed by atoms with Crippen molar-refractivity contribution >= 4 is 0 Å². The van der Waals surface area contributed by atoms with Crippen molar-refractivity contribution in [2.24, 2.45) is 5.41 Å². The van der Waals surface area contributed by atoms with Gasteiger partial charge in [-0.1, -0.05) is 19.9 Å². The van der Waals surface area contributed by atoms with E-state index in [2.05, 4.69) is 0 Å². The van der Waals surface area contributed by atoms with Crippen molar-refractivity contribution in [1.29, 1.82) is 0 Å². The molecular formula is C12H14F4O. The fraction of sp³-hybridized carbons (Fsp3) is 0.500. The Balaban J connectivity index is 3.06. The number of hydrogen-bond acceptors (Lipinski definition) is 1. The van der Waals surface area contributed by atoms with Crippen molar-refractivity contribution in [2.45, 2.75) is 26.4 Å². The molecule has 96 valence electrons. The van der Waals surface area contributed by atoms with Crippen LogP contribution >= 0.6 is 0 Å². The molecule has 1 rings (SSSR count). The van der Waals surface area contributed by atoms with Gasteiger partial charge in [0.05, 0.1) is 5.56 Å². The molecule has 0 unspecified atom stereocenters. The summed E-state index contributed by atoms with van der Waals surface area (Å²) < 4.78 is 50.4. The first-order chi connectivity index (χ1) is 7.65. The van der Waals surface area contributed by atoms with Gasteiger partial charge in [-0.15, -0.1) is 0 Å². The third-order valence-electron chi connectivity index (χ3n) is 2.45. The number of aliphatic hydroxyl groups excluding tert-OH is 1. The van der Waals surface area contributed by atoms with E-state index in [9.17, 15) is 17.6 Å². The number of rotatable bonds is 3. The molecule has 0 atom stereocenters. The fourth-order valence-electron chi connectivity index (χ4n) is 1.51. The fourth-order valence-corrected chi connectivity index (χ4v) is 1.51. The monoisotopic (exact) mass is 250 g/mol. The minimum atomic E-state index is -4.69. The lowest BCUT2D eigenvalue weighted by atomic mass is 9.86. The maximum Gasteiger partial charge on any atom is 0.419 e. The highest BCUT2D eigenvalue weighted by atomic mass is 19.4. The van der Waals surface area contributed by atoms with Gasteiger partial charge in [0, 0.05) is 6.61 Å². The van der Waals surface area contributed by atoms with Crippen molar-refractivity contribution in [2.75, 3.05) is 6.61 Å². The summed E-state index contributed by atoms with van der Waals surface area (Å²) in [6.07, 6.45) is -4.43. The van der Waals surface area contributed by atoms with Crippen LogP contribution in [0.15, 0.2) is 18.2 Å². The van der Waals surface area contributed by atoms with Crippen LogP contribution in [0.2, 0.25) is 0 Å². The average molecular weight is 250 g/mol. The van der Waals surface area contributed by atoms with E-state index in [4.69, 9.17) is 5.11 Å². The minimum absolute atomic E-state index is 0.147. The lowest BCUT2D eigenvalue weighted by molar-refractivity contribution is -0.140. The van der Waals surface area contributed by atoms with Crippen molar-refractivity contribution in [3.05, 3.63) is 35.1 Å². The summed E-state index contributed by atoms with van der Waals surface area (Å²) in [5.41, 5.74) is -1.43. The highest BCUT2D eigenvalue weighted by molar-refractivity contribution is 5.28. The van der Waals surface area contributed by atoms with Crippen LogP contribution in [0, 0.1) is 11.2 Å². The Hall–Kier alpha value is -1.10. The normalized spacial score (nSPS) is 12.9. The molecule has 1 aromatic carbocycles. The van der Waals surface area contributed by atoms with Crippen LogP contribution in [-0.2, 0) is 12.6 Å². The molecule has 0 fully saturated rings. The van der Waals surface area contributed by atoms with Crippen LogP contribution < -0.4 is 0 Å². The zero-order valence-corrected chi connectivity index (χ0v) is 9.61. The zero-order valence-electron chi connectivity index (χ0n) is 9.61. The van der Waals surface area contributed by atoms with E-state index >= 15 is 0 Å². The summed E-state index contributed by atoms with van der Waals surface area (Å²) in [4.78, 5) is 0. The van der Waals surface area contributed by atoms with Crippen LogP contribution in [0.5, 0.6) is 0 Å². The minimum Gasteiger partial charge on any atom is -0.396 e. The van der Waals surface area contributed by atoms with E-state index in [1.165, 1.54) is 6.07 Å². The van der Waals surface area contributed by atoms with Gasteiger partial charge < -0.3 is 5.11 Å². The molecule has 0 aliphatic carbocycles. The summed E-state index contributed by atoms with van der Waals surface area (Å²) in [5, 5.41) is 9.04. The van der Waals surface area contributed by atoms with Gasteiger partial charge >= 0.3 is 6.18 Å². The predicted molar refractivity (Wildman–Crippen MR) is 56.0 cm³/mol. The van der Waals surface area contributed by atoms with Crippen molar-refractivity contribution in [1.82, 2.24) is 0 Å². The molecule has 5 heteroatoms. The van der Waals surface area contributed by atoms with Gasteiger partial charge in [-0.2, -0.15) is 13.2 Å². The number of halogens is 4. The van der Waals surface area contributed by atoms with E-state index in [1.54, 1.807) is 13.8 Å². The SMILES string of the molecule is CC(C)(CO)Cc1ccc(F)c(C(F)(F)F)c1. The molecule has 0 heterocycles. The van der Waals surface area contributed by atoms with Crippen LogP contribution in [0.3, 0.4) is 0 Å². The van der Waals surface area contributed by atoms with Gasteiger partial charge in [0.15, 0.2) is 0 Å². The Morgan fingerprint density at radius 2 is 1.76 bits per heavy atom. The quantitative estimate of drug-likeness (QED) is 0.815. The molecular weight excluding hydrogens is 236 g/mol. The number of alkyl halides is 3. The number of aliphatic hydroxyl groups is 1. The highest BCUT2D eigenvalue weighted by Gasteiger charge is 2.34. The Morgan fingerprint density at radius 1 is 1.18 bits per heavy atom. The van der Waals surface area contributed by atoms with E-state index < -0.39 is 23.0 Å². The van der Waals surface area contributed by atoms with Gasteiger partial charge in [0.1, 0.15) is 5.82 Å². The molecule has 0 spiro atoms. The van der Waals surface area contributed by atoms with E-state index in [-0.39, 0.29) is 13.0 Å². The lowest BCUT2D eigenvalue weighted by Gasteiger charge is -2.22. The molecule has 0 radical (unpaired) electrons. The first-order valence-corrected chi connectivity index (χ1v) is 5.12. The molecule has 0 amide bonds. The van der Waals surface area contributed by atoms with Gasteiger partial charge in [0.2, 0.25) is 0 Å². The molecule has 0 aromatic heterocycles. The molecule has 0 aliphatic rings. The average Bonchev–Trinajstić information content (AvgIpc) is 2.19. The van der Waals surface area contributed by atoms with E-state index in [0.29, 0.717) is 5.56 Å². The van der Waals surface area contributed by atoms with Gasteiger partial charge in [-0.05, 0) is 29.5 Å². The number of benzene rings is 1. The second kappa shape index (κ2) is 4.64. The van der Waals surface area contributed by atoms with Gasteiger partial charge in [-0.25, -0.2) is 4.39 Å².